The van der Waals surface area contributed by atoms with Crippen LogP contribution in [-0.4, -0.2) is 19.9 Å². The predicted octanol–water partition coefficient (Wildman–Crippen LogP) is 11.0. The Morgan fingerprint density at radius 3 is 1.89 bits per heavy atom. The van der Waals surface area contributed by atoms with Crippen LogP contribution in [0.4, 0.5) is 11.4 Å². The van der Waals surface area contributed by atoms with E-state index < -0.39 is 0 Å². The minimum Gasteiger partial charge on any atom is -0.507 e. The molecule has 0 saturated carbocycles. The standard InChI is InChI=1S/C42H32N4O/c47-42-26-25-31(28-35(42)34-18-5-7-20-37(34)43-36-19-6-4-17-33(36)29-13-2-1-3-14-29)30-15-12-16-32(27-30)46-41-24-11-10-23-40(41)44-38-21-8-9-22-39(38)45-46/h1-28,43-45,47H. The first-order chi connectivity index (χ1) is 23.2. The summed E-state index contributed by atoms with van der Waals surface area (Å²) in [5.74, 6) is 0.223. The van der Waals surface area contributed by atoms with Gasteiger partial charge in [0.2, 0.25) is 0 Å². The molecule has 0 aliphatic heterocycles. The maximum atomic E-state index is 11.2. The van der Waals surface area contributed by atoms with E-state index in [0.29, 0.717) is 0 Å². The highest BCUT2D eigenvalue weighted by molar-refractivity contribution is 5.90. The molecule has 226 valence electrons. The molecular formula is C42H32N4O. The molecule has 0 aliphatic rings. The Balaban J connectivity index is 1.21. The number of hydrogen-bond donors (Lipinski definition) is 4. The molecule has 1 heterocycles. The van der Waals surface area contributed by atoms with Crippen molar-refractivity contribution in [2.24, 2.45) is 0 Å². The third kappa shape index (κ3) is 5.51. The number of benzene rings is 7. The number of para-hydroxylation sites is 6. The van der Waals surface area contributed by atoms with Gasteiger partial charge in [-0.25, -0.2) is 0 Å². The van der Waals surface area contributed by atoms with Crippen LogP contribution in [0.1, 0.15) is 0 Å². The summed E-state index contributed by atoms with van der Waals surface area (Å²) >= 11 is 0. The highest BCUT2D eigenvalue weighted by Crippen LogP contribution is 2.40. The van der Waals surface area contributed by atoms with E-state index in [-0.39, 0.29) is 5.75 Å². The number of phenolic OH excluding ortho intramolecular Hbond substituents is 1. The van der Waals surface area contributed by atoms with E-state index >= 15 is 0 Å². The van der Waals surface area contributed by atoms with E-state index in [1.807, 2.05) is 60.7 Å². The largest absolute Gasteiger partial charge is 0.507 e. The Morgan fingerprint density at radius 1 is 0.447 bits per heavy atom. The van der Waals surface area contributed by atoms with Crippen LogP contribution in [0, 0.1) is 0 Å². The predicted molar refractivity (Wildman–Crippen MR) is 195 cm³/mol. The summed E-state index contributed by atoms with van der Waals surface area (Å²) < 4.78 is 2.11. The zero-order valence-electron chi connectivity index (χ0n) is 25.6. The third-order valence-electron chi connectivity index (χ3n) is 8.51. The van der Waals surface area contributed by atoms with Gasteiger partial charge >= 0.3 is 0 Å². The van der Waals surface area contributed by atoms with Crippen LogP contribution in [0.3, 0.4) is 0 Å². The maximum Gasteiger partial charge on any atom is 0.123 e. The second-order valence-corrected chi connectivity index (χ2v) is 11.5. The number of aromatic amines is 2. The Morgan fingerprint density at radius 2 is 1.06 bits per heavy atom. The zero-order valence-corrected chi connectivity index (χ0v) is 25.6. The van der Waals surface area contributed by atoms with Crippen molar-refractivity contribution >= 4 is 33.4 Å². The maximum absolute atomic E-state index is 11.2. The van der Waals surface area contributed by atoms with Gasteiger partial charge in [0.15, 0.2) is 0 Å². The minimum absolute atomic E-state index is 0.223. The molecule has 0 bridgehead atoms. The van der Waals surface area contributed by atoms with E-state index in [9.17, 15) is 5.11 Å². The molecule has 0 spiro atoms. The summed E-state index contributed by atoms with van der Waals surface area (Å²) in [5, 5.41) is 18.5. The van der Waals surface area contributed by atoms with Gasteiger partial charge in [-0.05, 0) is 77.4 Å². The third-order valence-corrected chi connectivity index (χ3v) is 8.51. The van der Waals surface area contributed by atoms with E-state index in [1.54, 1.807) is 6.07 Å². The van der Waals surface area contributed by atoms with Crippen LogP contribution >= 0.6 is 0 Å². The first-order valence-electron chi connectivity index (χ1n) is 15.7. The summed E-state index contributed by atoms with van der Waals surface area (Å²) in [6.07, 6.45) is 0. The lowest BCUT2D eigenvalue weighted by molar-refractivity contribution is 0.477. The SMILES string of the molecule is Oc1ccc(-c2cccc(-n3[nH]c4ccccc4[nH]c4ccccc43)c2)cc1-c1ccccc1Nc1ccccc1-c1ccccc1. The number of nitrogens with one attached hydrogen (secondary N) is 3. The molecule has 0 aliphatic carbocycles. The van der Waals surface area contributed by atoms with Crippen molar-refractivity contribution in [2.75, 3.05) is 5.32 Å². The average molecular weight is 609 g/mol. The molecule has 5 nitrogen and oxygen atoms in total. The van der Waals surface area contributed by atoms with Crippen LogP contribution < -0.4 is 5.32 Å². The molecule has 8 aromatic rings. The number of anilines is 2. The Bertz CT molecular complexity index is 2410. The topological polar surface area (TPSA) is 68.8 Å². The number of nitrogens with zero attached hydrogens (tertiary/aromatic N) is 1. The first kappa shape index (κ1) is 28.0. The number of aromatic nitrogens is 3. The number of aromatic hydroxyl groups is 1. The fourth-order valence-corrected chi connectivity index (χ4v) is 6.18. The van der Waals surface area contributed by atoms with Gasteiger partial charge in [0.05, 0.1) is 27.8 Å². The molecule has 4 N–H and O–H groups in total. The second kappa shape index (κ2) is 12.1. The van der Waals surface area contributed by atoms with Gasteiger partial charge in [-0.3, -0.25) is 9.78 Å². The normalized spacial score (nSPS) is 11.1. The molecule has 0 fully saturated rings. The fraction of sp³-hybridized carbons (Fsp3) is 0. The minimum atomic E-state index is 0.223. The molecular weight excluding hydrogens is 576 g/mol. The van der Waals surface area contributed by atoms with Crippen molar-refractivity contribution < 1.29 is 5.11 Å². The van der Waals surface area contributed by atoms with Crippen molar-refractivity contribution in [1.29, 1.82) is 0 Å². The van der Waals surface area contributed by atoms with E-state index in [2.05, 4.69) is 123 Å². The van der Waals surface area contributed by atoms with Crippen LogP contribution in [0.2, 0.25) is 0 Å². The lowest BCUT2D eigenvalue weighted by atomic mass is 9.96. The van der Waals surface area contributed by atoms with Crippen LogP contribution in [0.5, 0.6) is 5.75 Å². The highest BCUT2D eigenvalue weighted by Gasteiger charge is 2.14. The van der Waals surface area contributed by atoms with E-state index in [0.717, 1.165) is 72.5 Å². The number of hydrogen-bond acceptors (Lipinski definition) is 2. The number of H-pyrrole nitrogens is 2. The molecule has 5 heteroatoms. The molecule has 1 aromatic heterocycles. The van der Waals surface area contributed by atoms with Crippen molar-refractivity contribution in [1.82, 2.24) is 14.8 Å². The van der Waals surface area contributed by atoms with E-state index in [4.69, 9.17) is 0 Å². The molecule has 0 amide bonds. The lowest BCUT2D eigenvalue weighted by Gasteiger charge is -2.17. The smallest absolute Gasteiger partial charge is 0.123 e. The van der Waals surface area contributed by atoms with Gasteiger partial charge in [-0.2, -0.15) is 0 Å². The van der Waals surface area contributed by atoms with Crippen molar-refractivity contribution in [2.45, 2.75) is 0 Å². The Kier molecular flexibility index (Phi) is 7.25. The van der Waals surface area contributed by atoms with Crippen molar-refractivity contribution in [3.05, 3.63) is 170 Å². The van der Waals surface area contributed by atoms with Crippen molar-refractivity contribution in [3.8, 4) is 44.8 Å². The van der Waals surface area contributed by atoms with Gasteiger partial charge < -0.3 is 15.4 Å². The Labute approximate surface area is 272 Å². The zero-order chi connectivity index (χ0) is 31.6. The molecule has 8 rings (SSSR count). The number of fused-ring (bicyclic) bond motifs is 2. The first-order valence-corrected chi connectivity index (χ1v) is 15.7. The summed E-state index contributed by atoms with van der Waals surface area (Å²) in [4.78, 5) is 3.58. The van der Waals surface area contributed by atoms with Crippen LogP contribution in [0.25, 0.3) is 61.1 Å². The van der Waals surface area contributed by atoms with Crippen LogP contribution in [0.15, 0.2) is 170 Å². The monoisotopic (exact) mass is 608 g/mol. The molecule has 7 aromatic carbocycles. The van der Waals surface area contributed by atoms with Crippen molar-refractivity contribution in [3.63, 3.8) is 0 Å². The van der Waals surface area contributed by atoms with Gasteiger partial charge in [0.25, 0.3) is 0 Å². The lowest BCUT2D eigenvalue weighted by Crippen LogP contribution is -2.00. The molecule has 0 radical (unpaired) electrons. The summed E-state index contributed by atoms with van der Waals surface area (Å²) in [5.41, 5.74) is 12.9. The molecule has 0 atom stereocenters. The molecule has 0 saturated heterocycles. The quantitative estimate of drug-likeness (QED) is 0.152. The van der Waals surface area contributed by atoms with Crippen LogP contribution in [-0.2, 0) is 0 Å². The average Bonchev–Trinajstić information content (AvgIpc) is 3.30. The summed E-state index contributed by atoms with van der Waals surface area (Å²) in [6, 6.07) is 57.5. The second-order valence-electron chi connectivity index (χ2n) is 11.5. The Hall–Kier alpha value is -6.46. The number of phenols is 1. The van der Waals surface area contributed by atoms with Gasteiger partial charge in [0, 0.05) is 28.1 Å². The highest BCUT2D eigenvalue weighted by atomic mass is 16.3. The van der Waals surface area contributed by atoms with Gasteiger partial charge in [-0.1, -0.05) is 109 Å². The fourth-order valence-electron chi connectivity index (χ4n) is 6.18. The van der Waals surface area contributed by atoms with Gasteiger partial charge in [-0.15, -0.1) is 0 Å². The number of rotatable bonds is 6. The van der Waals surface area contributed by atoms with E-state index in [1.165, 1.54) is 0 Å². The summed E-state index contributed by atoms with van der Waals surface area (Å²) in [6.45, 7) is 0. The summed E-state index contributed by atoms with van der Waals surface area (Å²) in [7, 11) is 0. The molecule has 47 heavy (non-hydrogen) atoms. The molecule has 0 unspecified atom stereocenters. The van der Waals surface area contributed by atoms with Gasteiger partial charge in [0.1, 0.15) is 5.75 Å².